The van der Waals surface area contributed by atoms with Gasteiger partial charge in [-0.3, -0.25) is 14.8 Å². The number of hydrogen-bond acceptors (Lipinski definition) is 6. The summed E-state index contributed by atoms with van der Waals surface area (Å²) in [5.41, 5.74) is 3.63. The van der Waals surface area contributed by atoms with Crippen LogP contribution in [0.5, 0.6) is 0 Å². The zero-order valence-corrected chi connectivity index (χ0v) is 18.7. The first-order valence-electron chi connectivity index (χ1n) is 10.2. The summed E-state index contributed by atoms with van der Waals surface area (Å²) in [5.74, 6) is 0.579. The van der Waals surface area contributed by atoms with Crippen molar-refractivity contribution >= 4 is 17.5 Å². The lowest BCUT2D eigenvalue weighted by Gasteiger charge is -2.15. The summed E-state index contributed by atoms with van der Waals surface area (Å²) < 4.78 is 1.66. The Bertz CT molecular complexity index is 1220. The van der Waals surface area contributed by atoms with Gasteiger partial charge in [-0.2, -0.15) is 4.68 Å². The van der Waals surface area contributed by atoms with Crippen LogP contribution in [-0.4, -0.2) is 36.1 Å². The molecule has 0 aliphatic heterocycles. The van der Waals surface area contributed by atoms with Gasteiger partial charge in [0, 0.05) is 28.9 Å². The van der Waals surface area contributed by atoms with Crippen molar-refractivity contribution in [3.8, 4) is 16.8 Å². The Morgan fingerprint density at radius 1 is 1.03 bits per heavy atom. The highest BCUT2D eigenvalue weighted by atomic mass is 35.5. The number of carbonyl (C=O) groups is 1. The van der Waals surface area contributed by atoms with Crippen LogP contribution in [0.1, 0.15) is 54.6 Å². The molecular formula is C23H22ClN7O. The Labute approximate surface area is 190 Å². The monoisotopic (exact) mass is 447 g/mol. The van der Waals surface area contributed by atoms with Gasteiger partial charge < -0.3 is 5.32 Å². The Morgan fingerprint density at radius 2 is 1.81 bits per heavy atom. The molecule has 0 bridgehead atoms. The zero-order valence-electron chi connectivity index (χ0n) is 17.9. The SMILES string of the molecule is CC(C)c1nnnn1-c1cc(C(=O)NC(C)c2cnccn2)cc(-c2ccc(Cl)cc2)c1. The first kappa shape index (κ1) is 21.6. The minimum absolute atomic E-state index is 0.109. The van der Waals surface area contributed by atoms with Crippen molar-refractivity contribution < 1.29 is 4.79 Å². The highest BCUT2D eigenvalue weighted by molar-refractivity contribution is 6.30. The molecule has 2 aromatic heterocycles. The van der Waals surface area contributed by atoms with Crippen molar-refractivity contribution in [3.63, 3.8) is 0 Å². The molecule has 0 aliphatic rings. The summed E-state index contributed by atoms with van der Waals surface area (Å²) >= 11 is 6.06. The summed E-state index contributed by atoms with van der Waals surface area (Å²) in [5, 5.41) is 15.7. The summed E-state index contributed by atoms with van der Waals surface area (Å²) in [6.07, 6.45) is 4.83. The van der Waals surface area contributed by atoms with E-state index in [0.717, 1.165) is 11.1 Å². The maximum Gasteiger partial charge on any atom is 0.251 e. The van der Waals surface area contributed by atoms with Crippen LogP contribution in [0, 0.1) is 0 Å². The first-order valence-corrected chi connectivity index (χ1v) is 10.6. The van der Waals surface area contributed by atoms with Gasteiger partial charge in [-0.1, -0.05) is 37.6 Å². The van der Waals surface area contributed by atoms with Crippen LogP contribution in [-0.2, 0) is 0 Å². The van der Waals surface area contributed by atoms with Crippen molar-refractivity contribution in [1.29, 1.82) is 0 Å². The maximum absolute atomic E-state index is 13.2. The fourth-order valence-corrected chi connectivity index (χ4v) is 3.43. The van der Waals surface area contributed by atoms with Crippen LogP contribution in [0.25, 0.3) is 16.8 Å². The number of tetrazole rings is 1. The van der Waals surface area contributed by atoms with Gasteiger partial charge in [0.1, 0.15) is 0 Å². The number of aromatic nitrogens is 6. The number of nitrogens with one attached hydrogen (secondary N) is 1. The van der Waals surface area contributed by atoms with E-state index >= 15 is 0 Å². The molecule has 0 saturated heterocycles. The number of amides is 1. The molecule has 8 nitrogen and oxygen atoms in total. The highest BCUT2D eigenvalue weighted by Crippen LogP contribution is 2.27. The number of hydrogen-bond donors (Lipinski definition) is 1. The summed E-state index contributed by atoms with van der Waals surface area (Å²) in [6, 6.07) is 12.7. The number of nitrogens with zero attached hydrogens (tertiary/aromatic N) is 6. The van der Waals surface area contributed by atoms with Gasteiger partial charge in [0.25, 0.3) is 5.91 Å². The summed E-state index contributed by atoms with van der Waals surface area (Å²) in [7, 11) is 0. The van der Waals surface area contributed by atoms with E-state index in [4.69, 9.17) is 11.6 Å². The third-order valence-corrected chi connectivity index (χ3v) is 5.24. The van der Waals surface area contributed by atoms with Gasteiger partial charge in [-0.25, -0.2) is 0 Å². The van der Waals surface area contributed by atoms with Crippen LogP contribution in [0.3, 0.4) is 0 Å². The quantitative estimate of drug-likeness (QED) is 0.470. The van der Waals surface area contributed by atoms with Gasteiger partial charge >= 0.3 is 0 Å². The lowest BCUT2D eigenvalue weighted by molar-refractivity contribution is 0.0939. The normalized spacial score (nSPS) is 12.0. The van der Waals surface area contributed by atoms with Crippen LogP contribution in [0.2, 0.25) is 5.02 Å². The summed E-state index contributed by atoms with van der Waals surface area (Å²) in [4.78, 5) is 21.5. The molecule has 4 rings (SSSR count). The molecule has 9 heteroatoms. The zero-order chi connectivity index (χ0) is 22.7. The average molecular weight is 448 g/mol. The smallest absolute Gasteiger partial charge is 0.251 e. The molecule has 0 radical (unpaired) electrons. The number of halogens is 1. The Kier molecular flexibility index (Phi) is 6.23. The summed E-state index contributed by atoms with van der Waals surface area (Å²) in [6.45, 7) is 5.90. The van der Waals surface area contributed by atoms with Crippen molar-refractivity contribution in [1.82, 2.24) is 35.5 Å². The van der Waals surface area contributed by atoms with E-state index in [2.05, 4.69) is 30.8 Å². The van der Waals surface area contributed by atoms with Crippen molar-refractivity contribution in [2.75, 3.05) is 0 Å². The van der Waals surface area contributed by atoms with Crippen LogP contribution in [0.15, 0.2) is 61.1 Å². The van der Waals surface area contributed by atoms with Crippen molar-refractivity contribution in [2.45, 2.75) is 32.7 Å². The minimum atomic E-state index is -0.307. The van der Waals surface area contributed by atoms with Gasteiger partial charge in [0.2, 0.25) is 0 Å². The number of benzene rings is 2. The average Bonchev–Trinajstić information content (AvgIpc) is 3.30. The molecular weight excluding hydrogens is 426 g/mol. The molecule has 2 heterocycles. The van der Waals surface area contributed by atoms with Gasteiger partial charge in [0.05, 0.1) is 23.6 Å². The minimum Gasteiger partial charge on any atom is -0.344 e. The number of carbonyl (C=O) groups excluding carboxylic acids is 1. The molecule has 1 amide bonds. The fourth-order valence-electron chi connectivity index (χ4n) is 3.30. The predicted molar refractivity (Wildman–Crippen MR) is 122 cm³/mol. The Morgan fingerprint density at radius 3 is 2.50 bits per heavy atom. The van der Waals surface area contributed by atoms with Crippen molar-refractivity contribution in [2.24, 2.45) is 0 Å². The fraction of sp³-hybridized carbons (Fsp3) is 0.217. The second-order valence-corrected chi connectivity index (χ2v) is 8.14. The molecule has 4 aromatic rings. The third-order valence-electron chi connectivity index (χ3n) is 4.99. The van der Waals surface area contributed by atoms with Crippen LogP contribution >= 0.6 is 11.6 Å². The molecule has 0 spiro atoms. The number of rotatable bonds is 6. The van der Waals surface area contributed by atoms with E-state index in [9.17, 15) is 4.79 Å². The molecule has 1 atom stereocenters. The lowest BCUT2D eigenvalue weighted by Crippen LogP contribution is -2.27. The first-order chi connectivity index (χ1) is 15.4. The highest BCUT2D eigenvalue weighted by Gasteiger charge is 2.18. The standard InChI is InChI=1S/C23H22ClN7O/c1-14(2)22-28-29-30-31(22)20-11-17(16-4-6-19(24)7-5-16)10-18(12-20)23(32)27-15(3)21-13-25-8-9-26-21/h4-15H,1-3H3,(H,27,32). The van der Waals surface area contributed by atoms with Gasteiger partial charge in [-0.05, 0) is 58.8 Å². The van der Waals surface area contributed by atoms with Gasteiger partial charge in [-0.15, -0.1) is 5.10 Å². The molecule has 2 aromatic carbocycles. The molecule has 0 fully saturated rings. The van der Waals surface area contributed by atoms with E-state index in [0.29, 0.717) is 27.8 Å². The van der Waals surface area contributed by atoms with E-state index in [-0.39, 0.29) is 17.9 Å². The topological polar surface area (TPSA) is 98.5 Å². The van der Waals surface area contributed by atoms with Crippen LogP contribution in [0.4, 0.5) is 0 Å². The van der Waals surface area contributed by atoms with E-state index < -0.39 is 0 Å². The molecule has 162 valence electrons. The van der Waals surface area contributed by atoms with Gasteiger partial charge in [0.15, 0.2) is 5.82 Å². The van der Waals surface area contributed by atoms with E-state index in [1.807, 2.05) is 57.2 Å². The van der Waals surface area contributed by atoms with E-state index in [1.54, 1.807) is 29.3 Å². The molecule has 1 unspecified atom stereocenters. The Hall–Kier alpha value is -3.65. The Balaban J connectivity index is 1.75. The second kappa shape index (κ2) is 9.23. The predicted octanol–water partition coefficient (Wildman–Crippen LogP) is 4.39. The lowest BCUT2D eigenvalue weighted by atomic mass is 10.0. The largest absolute Gasteiger partial charge is 0.344 e. The van der Waals surface area contributed by atoms with Crippen molar-refractivity contribution in [3.05, 3.63) is 83.2 Å². The van der Waals surface area contributed by atoms with E-state index in [1.165, 1.54) is 0 Å². The third kappa shape index (κ3) is 4.65. The molecule has 0 saturated carbocycles. The molecule has 32 heavy (non-hydrogen) atoms. The maximum atomic E-state index is 13.2. The molecule has 1 N–H and O–H groups in total. The van der Waals surface area contributed by atoms with Crippen LogP contribution < -0.4 is 5.32 Å². The second-order valence-electron chi connectivity index (χ2n) is 7.70. The molecule has 0 aliphatic carbocycles.